The number of halogens is 3. The van der Waals surface area contributed by atoms with Crippen molar-refractivity contribution in [3.8, 4) is 11.1 Å². The molecule has 0 saturated carbocycles. The Morgan fingerprint density at radius 2 is 1.58 bits per heavy atom. The van der Waals surface area contributed by atoms with Gasteiger partial charge in [-0.1, -0.05) is 53.0 Å². The van der Waals surface area contributed by atoms with Crippen LogP contribution in [-0.2, 0) is 9.84 Å². The van der Waals surface area contributed by atoms with E-state index in [4.69, 9.17) is 34.8 Å². The van der Waals surface area contributed by atoms with E-state index < -0.39 is 9.84 Å². The molecule has 6 heteroatoms. The van der Waals surface area contributed by atoms with Gasteiger partial charge in [0.2, 0.25) is 0 Å². The first-order valence-electron chi connectivity index (χ1n) is 5.24. The van der Waals surface area contributed by atoms with Gasteiger partial charge in [-0.15, -0.1) is 0 Å². The molecule has 2 aromatic carbocycles. The Labute approximate surface area is 126 Å². The summed E-state index contributed by atoms with van der Waals surface area (Å²) in [7, 11) is -3.46. The summed E-state index contributed by atoms with van der Waals surface area (Å²) in [6.45, 7) is 0. The molecule has 2 rings (SSSR count). The lowest BCUT2D eigenvalue weighted by Gasteiger charge is -2.11. The molecule has 0 aliphatic carbocycles. The molecule has 2 aromatic rings. The van der Waals surface area contributed by atoms with Gasteiger partial charge in [0, 0.05) is 27.4 Å². The van der Waals surface area contributed by atoms with E-state index in [1.165, 1.54) is 6.07 Å². The van der Waals surface area contributed by atoms with Crippen LogP contribution in [0.5, 0.6) is 0 Å². The van der Waals surface area contributed by atoms with Crippen LogP contribution in [0.15, 0.2) is 41.3 Å². The van der Waals surface area contributed by atoms with Crippen LogP contribution < -0.4 is 0 Å². The molecule has 0 fully saturated rings. The fraction of sp³-hybridized carbons (Fsp3) is 0.0769. The summed E-state index contributed by atoms with van der Waals surface area (Å²) in [5.41, 5.74) is 1.14. The van der Waals surface area contributed by atoms with Crippen molar-refractivity contribution < 1.29 is 8.42 Å². The van der Waals surface area contributed by atoms with Crippen LogP contribution >= 0.6 is 34.8 Å². The van der Waals surface area contributed by atoms with Crippen LogP contribution in [0, 0.1) is 0 Å². The Morgan fingerprint density at radius 1 is 0.947 bits per heavy atom. The Bertz CT molecular complexity index is 740. The van der Waals surface area contributed by atoms with Gasteiger partial charge in [0.05, 0.1) is 9.92 Å². The molecule has 0 amide bonds. The molecule has 0 N–H and O–H groups in total. The van der Waals surface area contributed by atoms with Crippen molar-refractivity contribution in [2.24, 2.45) is 0 Å². The SMILES string of the molecule is CS(=O)(=O)c1cc(Cl)cc(-c2ccccc2Cl)c1Cl. The van der Waals surface area contributed by atoms with Crippen LogP contribution in [0.3, 0.4) is 0 Å². The zero-order valence-electron chi connectivity index (χ0n) is 9.82. The van der Waals surface area contributed by atoms with Gasteiger partial charge in [0.15, 0.2) is 9.84 Å². The molecule has 0 radical (unpaired) electrons. The van der Waals surface area contributed by atoms with Gasteiger partial charge in [-0.05, 0) is 18.2 Å². The maximum Gasteiger partial charge on any atom is 0.177 e. The second-order valence-electron chi connectivity index (χ2n) is 4.02. The van der Waals surface area contributed by atoms with Gasteiger partial charge in [-0.2, -0.15) is 0 Å². The van der Waals surface area contributed by atoms with Crippen LogP contribution in [0.1, 0.15) is 0 Å². The van der Waals surface area contributed by atoms with E-state index in [1.807, 2.05) is 0 Å². The predicted molar refractivity (Wildman–Crippen MR) is 80.0 cm³/mol. The largest absolute Gasteiger partial charge is 0.224 e. The first kappa shape index (κ1) is 14.7. The van der Waals surface area contributed by atoms with Crippen molar-refractivity contribution in [1.29, 1.82) is 0 Å². The summed E-state index contributed by atoms with van der Waals surface area (Å²) in [6.07, 6.45) is 1.08. The minimum atomic E-state index is -3.46. The lowest BCUT2D eigenvalue weighted by Crippen LogP contribution is -1.99. The van der Waals surface area contributed by atoms with Gasteiger partial charge >= 0.3 is 0 Å². The Morgan fingerprint density at radius 3 is 2.16 bits per heavy atom. The molecule has 0 aromatic heterocycles. The first-order chi connectivity index (χ1) is 8.80. The van der Waals surface area contributed by atoms with Crippen molar-refractivity contribution in [3.05, 3.63) is 51.5 Å². The quantitative estimate of drug-likeness (QED) is 0.796. The van der Waals surface area contributed by atoms with E-state index in [-0.39, 0.29) is 9.92 Å². The average molecular weight is 336 g/mol. The molecular formula is C13H9Cl3O2S. The fourth-order valence-electron chi connectivity index (χ4n) is 1.71. The van der Waals surface area contributed by atoms with E-state index in [0.29, 0.717) is 21.2 Å². The molecule has 0 heterocycles. The monoisotopic (exact) mass is 334 g/mol. The molecule has 0 aliphatic heterocycles. The zero-order valence-corrected chi connectivity index (χ0v) is 12.9. The molecule has 100 valence electrons. The van der Waals surface area contributed by atoms with Gasteiger partial charge in [-0.3, -0.25) is 0 Å². The number of hydrogen-bond donors (Lipinski definition) is 0. The average Bonchev–Trinajstić information content (AvgIpc) is 2.31. The van der Waals surface area contributed by atoms with Gasteiger partial charge in [-0.25, -0.2) is 8.42 Å². The third-order valence-electron chi connectivity index (χ3n) is 2.57. The summed E-state index contributed by atoms with van der Waals surface area (Å²) in [5, 5.41) is 0.894. The second-order valence-corrected chi connectivity index (χ2v) is 7.22. The zero-order chi connectivity index (χ0) is 14.2. The maximum absolute atomic E-state index is 11.7. The molecule has 0 saturated heterocycles. The molecule has 0 spiro atoms. The molecule has 0 aliphatic rings. The summed E-state index contributed by atoms with van der Waals surface area (Å²) in [6, 6.07) is 9.96. The molecular weight excluding hydrogens is 327 g/mol. The van der Waals surface area contributed by atoms with E-state index >= 15 is 0 Å². The molecule has 0 unspecified atom stereocenters. The van der Waals surface area contributed by atoms with Crippen molar-refractivity contribution in [3.63, 3.8) is 0 Å². The minimum absolute atomic E-state index is 0.00316. The number of rotatable bonds is 2. The highest BCUT2D eigenvalue weighted by Gasteiger charge is 2.18. The lowest BCUT2D eigenvalue weighted by atomic mass is 10.1. The highest BCUT2D eigenvalue weighted by molar-refractivity contribution is 7.90. The van der Waals surface area contributed by atoms with Crippen LogP contribution in [-0.4, -0.2) is 14.7 Å². The highest BCUT2D eigenvalue weighted by Crippen LogP contribution is 2.38. The Balaban J connectivity index is 2.80. The Hall–Kier alpha value is -0.740. The van der Waals surface area contributed by atoms with Crippen molar-refractivity contribution in [2.75, 3.05) is 6.26 Å². The van der Waals surface area contributed by atoms with E-state index in [9.17, 15) is 8.42 Å². The summed E-state index contributed by atoms with van der Waals surface area (Å²) >= 11 is 18.2. The highest BCUT2D eigenvalue weighted by atomic mass is 35.5. The van der Waals surface area contributed by atoms with E-state index in [2.05, 4.69) is 0 Å². The normalized spacial score (nSPS) is 11.6. The van der Waals surface area contributed by atoms with Crippen LogP contribution in [0.2, 0.25) is 15.1 Å². The third kappa shape index (κ3) is 3.06. The minimum Gasteiger partial charge on any atom is -0.224 e. The summed E-state index contributed by atoms with van der Waals surface area (Å²) < 4.78 is 23.4. The predicted octanol–water partition coefficient (Wildman–Crippen LogP) is 4.72. The lowest BCUT2D eigenvalue weighted by molar-refractivity contribution is 0.602. The second kappa shape index (κ2) is 5.33. The first-order valence-corrected chi connectivity index (χ1v) is 8.27. The molecule has 0 atom stereocenters. The van der Waals surface area contributed by atoms with Crippen molar-refractivity contribution in [2.45, 2.75) is 4.90 Å². The van der Waals surface area contributed by atoms with Gasteiger partial charge < -0.3 is 0 Å². The van der Waals surface area contributed by atoms with E-state index in [0.717, 1.165) is 6.26 Å². The maximum atomic E-state index is 11.7. The van der Waals surface area contributed by atoms with Crippen molar-refractivity contribution >= 4 is 44.6 Å². The fourth-order valence-corrected chi connectivity index (χ4v) is 3.64. The molecule has 2 nitrogen and oxygen atoms in total. The number of hydrogen-bond acceptors (Lipinski definition) is 2. The van der Waals surface area contributed by atoms with Gasteiger partial charge in [0.25, 0.3) is 0 Å². The standard InChI is InChI=1S/C13H9Cl3O2S/c1-19(17,18)12-7-8(14)6-10(13(12)16)9-4-2-3-5-11(9)15/h2-7H,1H3. The van der Waals surface area contributed by atoms with Crippen molar-refractivity contribution in [1.82, 2.24) is 0 Å². The van der Waals surface area contributed by atoms with E-state index in [1.54, 1.807) is 30.3 Å². The molecule has 19 heavy (non-hydrogen) atoms. The smallest absolute Gasteiger partial charge is 0.177 e. The van der Waals surface area contributed by atoms with Gasteiger partial charge in [0.1, 0.15) is 0 Å². The summed E-state index contributed by atoms with van der Waals surface area (Å²) in [4.78, 5) is -0.00316. The van der Waals surface area contributed by atoms with Crippen LogP contribution in [0.4, 0.5) is 0 Å². The topological polar surface area (TPSA) is 34.1 Å². The Kier molecular flexibility index (Phi) is 4.11. The number of benzene rings is 2. The van der Waals surface area contributed by atoms with Crippen LogP contribution in [0.25, 0.3) is 11.1 Å². The molecule has 0 bridgehead atoms. The number of sulfone groups is 1. The summed E-state index contributed by atoms with van der Waals surface area (Å²) in [5.74, 6) is 0. The third-order valence-corrected chi connectivity index (χ3v) is 4.76.